The summed E-state index contributed by atoms with van der Waals surface area (Å²) in [4.78, 5) is 6.47. The molecule has 102 valence electrons. The van der Waals surface area contributed by atoms with Gasteiger partial charge < -0.3 is 15.2 Å². The molecule has 0 aliphatic heterocycles. The molecule has 5 nitrogen and oxygen atoms in total. The third kappa shape index (κ3) is 3.47. The number of nitrogens with two attached hydrogens (primary N) is 1. The van der Waals surface area contributed by atoms with Crippen LogP contribution in [-0.2, 0) is 12.8 Å². The number of nitrogen functional groups attached to an aromatic ring is 1. The molecule has 2 rings (SSSR count). The Morgan fingerprint density at radius 1 is 1.11 bits per heavy atom. The van der Waals surface area contributed by atoms with E-state index in [1.54, 1.807) is 0 Å². The summed E-state index contributed by atoms with van der Waals surface area (Å²) in [5.41, 5.74) is 7.66. The standard InChI is InChI=1S/C14H20N4O/c1-3-18(4-2)14-16-13(19-17-14)10-7-11-5-8-12(15)9-6-11/h5-6,8-9H,3-4,7,10,15H2,1-2H3. The van der Waals surface area contributed by atoms with Gasteiger partial charge in [-0.05, 0) is 43.1 Å². The zero-order valence-corrected chi connectivity index (χ0v) is 11.5. The van der Waals surface area contributed by atoms with E-state index in [4.69, 9.17) is 10.3 Å². The Bertz CT molecular complexity index is 502. The lowest BCUT2D eigenvalue weighted by Gasteiger charge is -2.14. The van der Waals surface area contributed by atoms with Gasteiger partial charge in [-0.25, -0.2) is 0 Å². The molecule has 0 atom stereocenters. The van der Waals surface area contributed by atoms with Crippen molar-refractivity contribution in [2.75, 3.05) is 23.7 Å². The Morgan fingerprint density at radius 3 is 2.42 bits per heavy atom. The summed E-state index contributed by atoms with van der Waals surface area (Å²) >= 11 is 0. The first-order valence-electron chi connectivity index (χ1n) is 6.64. The molecule has 0 unspecified atom stereocenters. The van der Waals surface area contributed by atoms with Gasteiger partial charge in [-0.2, -0.15) is 4.98 Å². The van der Waals surface area contributed by atoms with Gasteiger partial charge >= 0.3 is 0 Å². The predicted molar refractivity (Wildman–Crippen MR) is 76.1 cm³/mol. The van der Waals surface area contributed by atoms with E-state index < -0.39 is 0 Å². The number of nitrogens with zero attached hydrogens (tertiary/aromatic N) is 3. The zero-order chi connectivity index (χ0) is 13.7. The summed E-state index contributed by atoms with van der Waals surface area (Å²) in [6.45, 7) is 5.92. The van der Waals surface area contributed by atoms with Crippen molar-refractivity contribution in [2.45, 2.75) is 26.7 Å². The smallest absolute Gasteiger partial charge is 0.266 e. The van der Waals surface area contributed by atoms with Crippen LogP contribution >= 0.6 is 0 Å². The van der Waals surface area contributed by atoms with Gasteiger partial charge in [-0.15, -0.1) is 0 Å². The molecular weight excluding hydrogens is 240 g/mol. The normalized spacial score (nSPS) is 10.6. The van der Waals surface area contributed by atoms with Crippen LogP contribution in [0.5, 0.6) is 0 Å². The highest BCUT2D eigenvalue weighted by Gasteiger charge is 2.10. The lowest BCUT2D eigenvalue weighted by atomic mass is 10.1. The lowest BCUT2D eigenvalue weighted by Crippen LogP contribution is -2.22. The van der Waals surface area contributed by atoms with Crippen LogP contribution in [0.15, 0.2) is 28.8 Å². The summed E-state index contributed by atoms with van der Waals surface area (Å²) in [5.74, 6) is 1.36. The topological polar surface area (TPSA) is 68.2 Å². The van der Waals surface area contributed by atoms with Crippen molar-refractivity contribution in [1.82, 2.24) is 10.1 Å². The molecule has 1 heterocycles. The van der Waals surface area contributed by atoms with Gasteiger partial charge in [-0.1, -0.05) is 12.1 Å². The van der Waals surface area contributed by atoms with E-state index in [1.165, 1.54) is 5.56 Å². The van der Waals surface area contributed by atoms with Gasteiger partial charge in [0.05, 0.1) is 0 Å². The molecule has 0 spiro atoms. The van der Waals surface area contributed by atoms with Crippen LogP contribution in [0, 0.1) is 0 Å². The second-order valence-corrected chi connectivity index (χ2v) is 4.40. The van der Waals surface area contributed by atoms with Gasteiger partial charge in [0.15, 0.2) is 0 Å². The van der Waals surface area contributed by atoms with E-state index in [1.807, 2.05) is 24.3 Å². The van der Waals surface area contributed by atoms with Crippen LogP contribution in [0.2, 0.25) is 0 Å². The largest absolute Gasteiger partial charge is 0.399 e. The maximum atomic E-state index is 5.65. The zero-order valence-electron chi connectivity index (χ0n) is 11.5. The summed E-state index contributed by atoms with van der Waals surface area (Å²) in [6.07, 6.45) is 1.62. The first kappa shape index (κ1) is 13.4. The maximum absolute atomic E-state index is 5.65. The first-order chi connectivity index (χ1) is 9.22. The Balaban J connectivity index is 1.95. The molecule has 0 fully saturated rings. The van der Waals surface area contributed by atoms with E-state index >= 15 is 0 Å². The molecule has 0 saturated carbocycles. The number of rotatable bonds is 6. The molecule has 0 amide bonds. The Hall–Kier alpha value is -2.04. The lowest BCUT2D eigenvalue weighted by molar-refractivity contribution is 0.377. The molecule has 0 saturated heterocycles. The Kier molecular flexibility index (Phi) is 4.39. The van der Waals surface area contributed by atoms with E-state index in [2.05, 4.69) is 28.9 Å². The highest BCUT2D eigenvalue weighted by atomic mass is 16.5. The van der Waals surface area contributed by atoms with E-state index in [0.29, 0.717) is 11.8 Å². The molecule has 0 aliphatic rings. The number of hydrogen-bond donors (Lipinski definition) is 1. The molecule has 2 aromatic rings. The minimum Gasteiger partial charge on any atom is -0.399 e. The average molecular weight is 260 g/mol. The molecule has 19 heavy (non-hydrogen) atoms. The van der Waals surface area contributed by atoms with Crippen LogP contribution in [0.25, 0.3) is 0 Å². The Labute approximate surface area is 113 Å². The second kappa shape index (κ2) is 6.22. The van der Waals surface area contributed by atoms with Gasteiger partial charge in [0, 0.05) is 25.2 Å². The van der Waals surface area contributed by atoms with Crippen molar-refractivity contribution >= 4 is 11.6 Å². The first-order valence-corrected chi connectivity index (χ1v) is 6.64. The fourth-order valence-corrected chi connectivity index (χ4v) is 1.92. The highest BCUT2D eigenvalue weighted by Crippen LogP contribution is 2.12. The number of aryl methyl sites for hydroxylation is 2. The van der Waals surface area contributed by atoms with Crippen molar-refractivity contribution in [3.05, 3.63) is 35.7 Å². The SMILES string of the molecule is CCN(CC)c1noc(CCc2ccc(N)cc2)n1. The van der Waals surface area contributed by atoms with Crippen molar-refractivity contribution in [1.29, 1.82) is 0 Å². The van der Waals surface area contributed by atoms with Gasteiger partial charge in [0.25, 0.3) is 5.95 Å². The third-order valence-corrected chi connectivity index (χ3v) is 3.11. The number of hydrogen-bond acceptors (Lipinski definition) is 5. The van der Waals surface area contributed by atoms with Gasteiger partial charge in [0.1, 0.15) is 0 Å². The van der Waals surface area contributed by atoms with Gasteiger partial charge in [-0.3, -0.25) is 0 Å². The van der Waals surface area contributed by atoms with Crippen LogP contribution in [-0.4, -0.2) is 23.2 Å². The fraction of sp³-hybridized carbons (Fsp3) is 0.429. The summed E-state index contributed by atoms with van der Waals surface area (Å²) in [6, 6.07) is 7.86. The fourth-order valence-electron chi connectivity index (χ4n) is 1.92. The monoisotopic (exact) mass is 260 g/mol. The summed E-state index contributed by atoms with van der Waals surface area (Å²) in [5, 5.41) is 4.00. The number of benzene rings is 1. The third-order valence-electron chi connectivity index (χ3n) is 3.11. The van der Waals surface area contributed by atoms with Gasteiger partial charge in [0.2, 0.25) is 5.89 Å². The van der Waals surface area contributed by atoms with Crippen molar-refractivity contribution in [2.24, 2.45) is 0 Å². The molecule has 1 aromatic heterocycles. The molecule has 2 N–H and O–H groups in total. The number of anilines is 2. The van der Waals surface area contributed by atoms with Crippen molar-refractivity contribution in [3.63, 3.8) is 0 Å². The number of aromatic nitrogens is 2. The summed E-state index contributed by atoms with van der Waals surface area (Å²) < 4.78 is 5.27. The summed E-state index contributed by atoms with van der Waals surface area (Å²) in [7, 11) is 0. The van der Waals surface area contributed by atoms with Crippen molar-refractivity contribution < 1.29 is 4.52 Å². The van der Waals surface area contributed by atoms with E-state index in [9.17, 15) is 0 Å². The van der Waals surface area contributed by atoms with E-state index in [-0.39, 0.29) is 0 Å². The molecule has 0 aliphatic carbocycles. The molecule has 0 radical (unpaired) electrons. The van der Waals surface area contributed by atoms with Crippen LogP contribution < -0.4 is 10.6 Å². The molecular formula is C14H20N4O. The average Bonchev–Trinajstić information content (AvgIpc) is 2.88. The predicted octanol–water partition coefficient (Wildman–Crippen LogP) is 2.28. The second-order valence-electron chi connectivity index (χ2n) is 4.40. The minimum absolute atomic E-state index is 0.678. The molecule has 5 heteroatoms. The van der Waals surface area contributed by atoms with Crippen LogP contribution in [0.1, 0.15) is 25.3 Å². The highest BCUT2D eigenvalue weighted by molar-refractivity contribution is 5.39. The Morgan fingerprint density at radius 2 is 1.79 bits per heavy atom. The quantitative estimate of drug-likeness (QED) is 0.807. The van der Waals surface area contributed by atoms with Crippen molar-refractivity contribution in [3.8, 4) is 0 Å². The molecule has 0 bridgehead atoms. The van der Waals surface area contributed by atoms with E-state index in [0.717, 1.165) is 31.6 Å². The van der Waals surface area contributed by atoms with Crippen LogP contribution in [0.4, 0.5) is 11.6 Å². The maximum Gasteiger partial charge on any atom is 0.266 e. The van der Waals surface area contributed by atoms with Crippen LogP contribution in [0.3, 0.4) is 0 Å². The molecule has 1 aromatic carbocycles. The minimum atomic E-state index is 0.678.